The Morgan fingerprint density at radius 1 is 1.29 bits per heavy atom. The third-order valence-corrected chi connectivity index (χ3v) is 3.34. The fourth-order valence-electron chi connectivity index (χ4n) is 2.21. The van der Waals surface area contributed by atoms with Gasteiger partial charge >= 0.3 is 6.09 Å². The lowest BCUT2D eigenvalue weighted by molar-refractivity contribution is 0.0523. The maximum absolute atomic E-state index is 11.7. The second-order valence-corrected chi connectivity index (χ2v) is 6.44. The highest BCUT2D eigenvalue weighted by Crippen LogP contribution is 2.27. The van der Waals surface area contributed by atoms with Crippen LogP contribution < -0.4 is 10.1 Å². The molecule has 2 aromatic rings. The van der Waals surface area contributed by atoms with E-state index in [1.807, 2.05) is 45.9 Å². The number of carbonyl (C=O) groups excluding carboxylic acids is 1. The number of ether oxygens (including phenoxy) is 2. The van der Waals surface area contributed by atoms with E-state index < -0.39 is 11.7 Å². The molecule has 1 aromatic heterocycles. The molecule has 6 heteroatoms. The highest BCUT2D eigenvalue weighted by molar-refractivity contribution is 5.69. The average Bonchev–Trinajstić information content (AvgIpc) is 2.52. The van der Waals surface area contributed by atoms with Gasteiger partial charge in [-0.3, -0.25) is 0 Å². The summed E-state index contributed by atoms with van der Waals surface area (Å²) < 4.78 is 10.5. The van der Waals surface area contributed by atoms with Gasteiger partial charge < -0.3 is 14.8 Å². The van der Waals surface area contributed by atoms with E-state index in [1.165, 1.54) is 6.33 Å². The molecule has 1 amide bonds. The lowest BCUT2D eigenvalue weighted by Gasteiger charge is -2.20. The van der Waals surface area contributed by atoms with Crippen LogP contribution in [0.4, 0.5) is 4.79 Å². The monoisotopic (exact) mass is 329 g/mol. The fourth-order valence-corrected chi connectivity index (χ4v) is 2.21. The molecular weight excluding hydrogens is 306 g/mol. The van der Waals surface area contributed by atoms with Crippen LogP contribution in [-0.4, -0.2) is 28.8 Å². The van der Waals surface area contributed by atoms with E-state index in [0.29, 0.717) is 12.3 Å². The van der Waals surface area contributed by atoms with Crippen molar-refractivity contribution < 1.29 is 14.3 Å². The molecule has 6 nitrogen and oxygen atoms in total. The van der Waals surface area contributed by atoms with Crippen LogP contribution in [0.2, 0.25) is 0 Å². The normalized spacial score (nSPS) is 11.0. The van der Waals surface area contributed by atoms with Gasteiger partial charge in [-0.15, -0.1) is 0 Å². The zero-order valence-corrected chi connectivity index (χ0v) is 14.7. The minimum atomic E-state index is -0.507. The Morgan fingerprint density at radius 2 is 2.04 bits per heavy atom. The highest BCUT2D eigenvalue weighted by Gasteiger charge is 2.16. The van der Waals surface area contributed by atoms with Gasteiger partial charge in [0.25, 0.3) is 0 Å². The molecule has 0 bridgehead atoms. The summed E-state index contributed by atoms with van der Waals surface area (Å²) in [5.74, 6) is 0.622. The fraction of sp³-hybridized carbons (Fsp3) is 0.389. The van der Waals surface area contributed by atoms with Gasteiger partial charge in [-0.2, -0.15) is 0 Å². The van der Waals surface area contributed by atoms with Crippen LogP contribution >= 0.6 is 0 Å². The largest absolute Gasteiger partial charge is 0.493 e. The minimum absolute atomic E-state index is 0.405. The second kappa shape index (κ2) is 7.29. The van der Waals surface area contributed by atoms with Crippen molar-refractivity contribution in [3.63, 3.8) is 0 Å². The molecule has 0 spiro atoms. The van der Waals surface area contributed by atoms with E-state index in [4.69, 9.17) is 9.47 Å². The van der Waals surface area contributed by atoms with Crippen LogP contribution in [0.1, 0.15) is 31.9 Å². The van der Waals surface area contributed by atoms with Gasteiger partial charge in [-0.05, 0) is 44.9 Å². The number of amides is 1. The Kier molecular flexibility index (Phi) is 5.39. The number of nitrogens with zero attached hydrogens (tertiary/aromatic N) is 2. The molecule has 128 valence electrons. The molecule has 0 aliphatic rings. The van der Waals surface area contributed by atoms with Gasteiger partial charge in [-0.1, -0.05) is 12.1 Å². The molecule has 0 aliphatic heterocycles. The number of hydrogen-bond donors (Lipinski definition) is 1. The quantitative estimate of drug-likeness (QED) is 0.929. The van der Waals surface area contributed by atoms with E-state index >= 15 is 0 Å². The Bertz CT molecular complexity index is 724. The SMILES string of the molecule is COc1cncnc1-c1ccc(CNC(=O)OC(C)(C)C)c(C)c1. The third kappa shape index (κ3) is 4.68. The lowest BCUT2D eigenvalue weighted by Crippen LogP contribution is -2.32. The molecule has 0 unspecified atom stereocenters. The van der Waals surface area contributed by atoms with E-state index in [2.05, 4.69) is 15.3 Å². The van der Waals surface area contributed by atoms with Crippen LogP contribution in [-0.2, 0) is 11.3 Å². The summed E-state index contributed by atoms with van der Waals surface area (Å²) in [5, 5.41) is 2.77. The second-order valence-electron chi connectivity index (χ2n) is 6.44. The van der Waals surface area contributed by atoms with Crippen molar-refractivity contribution in [3.05, 3.63) is 41.9 Å². The molecular formula is C18H23N3O3. The Morgan fingerprint density at radius 3 is 2.67 bits per heavy atom. The summed E-state index contributed by atoms with van der Waals surface area (Å²) >= 11 is 0. The van der Waals surface area contributed by atoms with Gasteiger partial charge in [0.05, 0.1) is 13.3 Å². The number of nitrogens with one attached hydrogen (secondary N) is 1. The first-order chi connectivity index (χ1) is 11.3. The smallest absolute Gasteiger partial charge is 0.407 e. The number of aromatic nitrogens is 2. The average molecular weight is 329 g/mol. The maximum atomic E-state index is 11.7. The first kappa shape index (κ1) is 17.7. The van der Waals surface area contributed by atoms with Crippen LogP contribution in [0.3, 0.4) is 0 Å². The zero-order chi connectivity index (χ0) is 17.7. The summed E-state index contributed by atoms with van der Waals surface area (Å²) in [6.45, 7) is 7.90. The van der Waals surface area contributed by atoms with Crippen LogP contribution in [0, 0.1) is 6.92 Å². The van der Waals surface area contributed by atoms with Crippen LogP contribution in [0.25, 0.3) is 11.3 Å². The van der Waals surface area contributed by atoms with Gasteiger partial charge in [0.15, 0.2) is 5.75 Å². The van der Waals surface area contributed by atoms with Gasteiger partial charge in [0, 0.05) is 12.1 Å². The van der Waals surface area contributed by atoms with Crippen molar-refractivity contribution >= 4 is 6.09 Å². The van der Waals surface area contributed by atoms with Crippen molar-refractivity contribution in [1.29, 1.82) is 0 Å². The Labute approximate surface area is 142 Å². The number of rotatable bonds is 4. The van der Waals surface area contributed by atoms with Crippen molar-refractivity contribution in [3.8, 4) is 17.0 Å². The summed E-state index contributed by atoms with van der Waals surface area (Å²) in [7, 11) is 1.59. The van der Waals surface area contributed by atoms with Crippen molar-refractivity contribution in [2.45, 2.75) is 39.8 Å². The summed E-state index contributed by atoms with van der Waals surface area (Å²) in [6.07, 6.45) is 2.70. The van der Waals surface area contributed by atoms with E-state index in [0.717, 1.165) is 22.4 Å². The first-order valence-electron chi connectivity index (χ1n) is 7.71. The van der Waals surface area contributed by atoms with Gasteiger partial charge in [-0.25, -0.2) is 14.8 Å². The van der Waals surface area contributed by atoms with Crippen molar-refractivity contribution in [1.82, 2.24) is 15.3 Å². The number of hydrogen-bond acceptors (Lipinski definition) is 5. The Hall–Kier alpha value is -2.63. The molecule has 24 heavy (non-hydrogen) atoms. The lowest BCUT2D eigenvalue weighted by atomic mass is 10.0. The third-order valence-electron chi connectivity index (χ3n) is 3.34. The summed E-state index contributed by atoms with van der Waals surface area (Å²) in [4.78, 5) is 20.0. The van der Waals surface area contributed by atoms with Gasteiger partial charge in [0.2, 0.25) is 0 Å². The van der Waals surface area contributed by atoms with E-state index in [9.17, 15) is 4.79 Å². The van der Waals surface area contributed by atoms with Crippen molar-refractivity contribution in [2.24, 2.45) is 0 Å². The minimum Gasteiger partial charge on any atom is -0.493 e. The zero-order valence-electron chi connectivity index (χ0n) is 14.7. The molecule has 0 aliphatic carbocycles. The molecule has 1 heterocycles. The molecule has 0 saturated carbocycles. The number of methoxy groups -OCH3 is 1. The van der Waals surface area contributed by atoms with E-state index in [1.54, 1.807) is 13.3 Å². The van der Waals surface area contributed by atoms with E-state index in [-0.39, 0.29) is 0 Å². The Balaban J connectivity index is 2.11. The maximum Gasteiger partial charge on any atom is 0.407 e. The van der Waals surface area contributed by atoms with Crippen LogP contribution in [0.5, 0.6) is 5.75 Å². The number of carbonyl (C=O) groups is 1. The number of aryl methyl sites for hydroxylation is 1. The first-order valence-corrected chi connectivity index (χ1v) is 7.71. The molecule has 1 aromatic carbocycles. The molecule has 0 atom stereocenters. The van der Waals surface area contributed by atoms with Crippen molar-refractivity contribution in [2.75, 3.05) is 7.11 Å². The number of alkyl carbamates (subject to hydrolysis) is 1. The molecule has 1 N–H and O–H groups in total. The predicted molar refractivity (Wildman–Crippen MR) is 91.8 cm³/mol. The summed E-state index contributed by atoms with van der Waals surface area (Å²) in [5.41, 5.74) is 3.23. The standard InChI is InChI=1S/C18H23N3O3/c1-12-8-13(16-15(23-5)10-19-11-21-16)6-7-14(12)9-20-17(22)24-18(2,3)4/h6-8,10-11H,9H2,1-5H3,(H,20,22). The van der Waals surface area contributed by atoms with Gasteiger partial charge in [0.1, 0.15) is 17.6 Å². The number of benzene rings is 1. The molecule has 2 rings (SSSR count). The highest BCUT2D eigenvalue weighted by atomic mass is 16.6. The predicted octanol–water partition coefficient (Wildman–Crippen LogP) is 3.49. The summed E-state index contributed by atoms with van der Waals surface area (Å²) in [6, 6.07) is 5.92. The molecule has 0 radical (unpaired) electrons. The topological polar surface area (TPSA) is 73.3 Å². The molecule has 0 fully saturated rings. The van der Waals surface area contributed by atoms with Crippen LogP contribution in [0.15, 0.2) is 30.7 Å². The molecule has 0 saturated heterocycles.